The number of amides is 1. The number of rotatable bonds is 10. The molecule has 0 spiro atoms. The van der Waals surface area contributed by atoms with Gasteiger partial charge in [0.1, 0.15) is 10.6 Å². The van der Waals surface area contributed by atoms with Crippen LogP contribution in [0.1, 0.15) is 30.6 Å². The van der Waals surface area contributed by atoms with Crippen LogP contribution in [0.5, 0.6) is 5.75 Å². The van der Waals surface area contributed by atoms with Crippen LogP contribution in [-0.4, -0.2) is 46.6 Å². The van der Waals surface area contributed by atoms with Gasteiger partial charge in [0.05, 0.1) is 25.2 Å². The Morgan fingerprint density at radius 3 is 2.55 bits per heavy atom. The highest BCUT2D eigenvalue weighted by atomic mass is 35.5. The number of esters is 1. The van der Waals surface area contributed by atoms with E-state index in [0.717, 1.165) is 6.07 Å². The monoisotopic (exact) mass is 493 g/mol. The Bertz CT molecular complexity index is 1160. The maximum Gasteiger partial charge on any atom is 0.338 e. The van der Waals surface area contributed by atoms with Crippen LogP contribution in [0.3, 0.4) is 0 Å². The molecule has 0 fully saturated rings. The van der Waals surface area contributed by atoms with Gasteiger partial charge in [-0.05, 0) is 50.2 Å². The highest BCUT2D eigenvalue weighted by Gasteiger charge is 2.24. The molecule has 0 aromatic heterocycles. The summed E-state index contributed by atoms with van der Waals surface area (Å²) in [6, 6.07) is 11.9. The Labute approximate surface area is 197 Å². The molecule has 0 aliphatic heterocycles. The fourth-order valence-electron chi connectivity index (χ4n) is 2.88. The maximum atomic E-state index is 12.7. The van der Waals surface area contributed by atoms with Crippen molar-refractivity contribution in [3.8, 4) is 11.8 Å². The third-order valence-electron chi connectivity index (χ3n) is 4.27. The van der Waals surface area contributed by atoms with E-state index >= 15 is 0 Å². The van der Waals surface area contributed by atoms with E-state index in [-0.39, 0.29) is 35.2 Å². The second kappa shape index (κ2) is 11.7. The Balaban J connectivity index is 2.21. The second-order valence-corrected chi connectivity index (χ2v) is 9.27. The molecule has 0 saturated heterocycles. The number of carbonyl (C=O) groups is 2. The molecule has 2 rings (SSSR count). The number of halogens is 1. The first-order valence-electron chi connectivity index (χ1n) is 9.89. The van der Waals surface area contributed by atoms with Crippen molar-refractivity contribution in [1.29, 1.82) is 5.26 Å². The summed E-state index contributed by atoms with van der Waals surface area (Å²) in [6.07, 6.45) is 0.0642. The molecule has 1 amide bonds. The number of nitrogens with zero attached hydrogens (tertiary/aromatic N) is 2. The van der Waals surface area contributed by atoms with Crippen molar-refractivity contribution in [2.45, 2.75) is 31.2 Å². The summed E-state index contributed by atoms with van der Waals surface area (Å²) in [5.74, 6) is -1.40. The fraction of sp³-hybridized carbons (Fsp3) is 0.318. The molecule has 9 nitrogen and oxygen atoms in total. The summed E-state index contributed by atoms with van der Waals surface area (Å²) in [6.45, 7) is 2.78. The smallest absolute Gasteiger partial charge is 0.338 e. The predicted octanol–water partition coefficient (Wildman–Crippen LogP) is 3.14. The zero-order valence-corrected chi connectivity index (χ0v) is 19.9. The molecule has 176 valence electrons. The van der Waals surface area contributed by atoms with E-state index in [0.29, 0.717) is 10.7 Å². The van der Waals surface area contributed by atoms with Gasteiger partial charge in [-0.3, -0.25) is 4.79 Å². The molecule has 11 heteroatoms. The van der Waals surface area contributed by atoms with E-state index in [2.05, 4.69) is 4.72 Å². The Morgan fingerprint density at radius 2 is 1.94 bits per heavy atom. The van der Waals surface area contributed by atoms with E-state index in [1.165, 1.54) is 24.1 Å². The number of nitriles is 1. The first-order chi connectivity index (χ1) is 15.6. The van der Waals surface area contributed by atoms with Crippen LogP contribution in [0.15, 0.2) is 47.4 Å². The quantitative estimate of drug-likeness (QED) is 0.504. The minimum absolute atomic E-state index is 0.0550. The number of sulfonamides is 1. The van der Waals surface area contributed by atoms with Crippen LogP contribution < -0.4 is 14.4 Å². The number of anilines is 1. The molecule has 0 aliphatic rings. The van der Waals surface area contributed by atoms with Gasteiger partial charge in [-0.1, -0.05) is 17.7 Å². The number of methoxy groups -OCH3 is 1. The molecular formula is C22H24ClN3O6S. The maximum absolute atomic E-state index is 12.7. The summed E-state index contributed by atoms with van der Waals surface area (Å²) in [4.78, 5) is 26.3. The van der Waals surface area contributed by atoms with Crippen molar-refractivity contribution in [3.05, 3.63) is 53.1 Å². The van der Waals surface area contributed by atoms with Crippen LogP contribution >= 0.6 is 11.6 Å². The van der Waals surface area contributed by atoms with E-state index < -0.39 is 28.5 Å². The number of hydrogen-bond acceptors (Lipinski definition) is 7. The van der Waals surface area contributed by atoms with Gasteiger partial charge in [0.15, 0.2) is 6.61 Å². The molecule has 2 aromatic rings. The largest absolute Gasteiger partial charge is 0.495 e. The van der Waals surface area contributed by atoms with E-state index in [4.69, 9.17) is 26.3 Å². The summed E-state index contributed by atoms with van der Waals surface area (Å²) in [7, 11) is -2.64. The second-order valence-electron chi connectivity index (χ2n) is 7.15. The Morgan fingerprint density at radius 1 is 1.21 bits per heavy atom. The SMILES string of the molecule is COc1ccc(C(=O)OCC(=O)N(CCC#N)c2cccc(Cl)c2)cc1S(=O)(=O)NC(C)C. The van der Waals surface area contributed by atoms with Crippen LogP contribution in [0.4, 0.5) is 5.69 Å². The number of nitrogens with one attached hydrogen (secondary N) is 1. The molecule has 0 aliphatic carbocycles. The van der Waals surface area contributed by atoms with Gasteiger partial charge in [-0.15, -0.1) is 0 Å². The van der Waals surface area contributed by atoms with Crippen LogP contribution in [0, 0.1) is 11.3 Å². The predicted molar refractivity (Wildman–Crippen MR) is 123 cm³/mol. The van der Waals surface area contributed by atoms with E-state index in [1.54, 1.807) is 38.1 Å². The number of ether oxygens (including phenoxy) is 2. The molecule has 1 N–H and O–H groups in total. The summed E-state index contributed by atoms with van der Waals surface area (Å²) < 4.78 is 37.8. The van der Waals surface area contributed by atoms with E-state index in [1.807, 2.05) is 6.07 Å². The van der Waals surface area contributed by atoms with Gasteiger partial charge in [-0.2, -0.15) is 5.26 Å². The molecule has 2 aromatic carbocycles. The van der Waals surface area contributed by atoms with Crippen molar-refractivity contribution in [2.24, 2.45) is 0 Å². The fourth-order valence-corrected chi connectivity index (χ4v) is 4.51. The minimum atomic E-state index is -3.95. The van der Waals surface area contributed by atoms with Crippen LogP contribution in [0.25, 0.3) is 0 Å². The van der Waals surface area contributed by atoms with Gasteiger partial charge in [0, 0.05) is 23.3 Å². The molecular weight excluding hydrogens is 470 g/mol. The van der Waals surface area contributed by atoms with Crippen LogP contribution in [0.2, 0.25) is 5.02 Å². The normalized spacial score (nSPS) is 11.0. The lowest BCUT2D eigenvalue weighted by Gasteiger charge is -2.22. The third-order valence-corrected chi connectivity index (χ3v) is 6.19. The highest BCUT2D eigenvalue weighted by molar-refractivity contribution is 7.89. The van der Waals surface area contributed by atoms with Gasteiger partial charge >= 0.3 is 5.97 Å². The third kappa shape index (κ3) is 7.18. The molecule has 33 heavy (non-hydrogen) atoms. The summed E-state index contributed by atoms with van der Waals surface area (Å²) in [5, 5.41) is 9.29. The molecule has 0 atom stereocenters. The molecule has 0 radical (unpaired) electrons. The minimum Gasteiger partial charge on any atom is -0.495 e. The number of carbonyl (C=O) groups excluding carboxylic acids is 2. The van der Waals surface area contributed by atoms with Gasteiger partial charge < -0.3 is 14.4 Å². The molecule has 0 saturated carbocycles. The first-order valence-corrected chi connectivity index (χ1v) is 11.8. The van der Waals surface area contributed by atoms with Gasteiger partial charge in [0.25, 0.3) is 5.91 Å². The standard InChI is InChI=1S/C22H24ClN3O6S/c1-15(2)25-33(29,30)20-12-16(8-9-19(20)31-3)22(28)32-14-21(27)26(11-5-10-24)18-7-4-6-17(23)13-18/h4,6-9,12-13,15,25H,5,11,14H2,1-3H3. The zero-order chi connectivity index (χ0) is 24.6. The van der Waals surface area contributed by atoms with Crippen molar-refractivity contribution in [3.63, 3.8) is 0 Å². The number of hydrogen-bond donors (Lipinski definition) is 1. The lowest BCUT2D eigenvalue weighted by atomic mass is 10.2. The average Bonchev–Trinajstić information content (AvgIpc) is 2.76. The Hall–Kier alpha value is -3.13. The topological polar surface area (TPSA) is 126 Å². The molecule has 0 bridgehead atoms. The van der Waals surface area contributed by atoms with E-state index in [9.17, 15) is 18.0 Å². The molecule has 0 heterocycles. The van der Waals surface area contributed by atoms with Crippen molar-refractivity contribution in [2.75, 3.05) is 25.2 Å². The highest BCUT2D eigenvalue weighted by Crippen LogP contribution is 2.26. The Kier molecular flexibility index (Phi) is 9.22. The van der Waals surface area contributed by atoms with Gasteiger partial charge in [-0.25, -0.2) is 17.9 Å². The van der Waals surface area contributed by atoms with Crippen molar-refractivity contribution in [1.82, 2.24) is 4.72 Å². The summed E-state index contributed by atoms with van der Waals surface area (Å²) in [5.41, 5.74) is 0.385. The lowest BCUT2D eigenvalue weighted by Crippen LogP contribution is -2.35. The summed E-state index contributed by atoms with van der Waals surface area (Å²) >= 11 is 5.99. The van der Waals surface area contributed by atoms with Crippen molar-refractivity contribution >= 4 is 39.2 Å². The van der Waals surface area contributed by atoms with Gasteiger partial charge in [0.2, 0.25) is 10.0 Å². The molecule has 0 unspecified atom stereocenters. The van der Waals surface area contributed by atoms with Crippen LogP contribution in [-0.2, 0) is 19.6 Å². The average molecular weight is 494 g/mol. The van der Waals surface area contributed by atoms with Crippen molar-refractivity contribution < 1.29 is 27.5 Å². The number of benzene rings is 2. The first kappa shape index (κ1) is 26.1. The lowest BCUT2D eigenvalue weighted by molar-refractivity contribution is -0.121. The zero-order valence-electron chi connectivity index (χ0n) is 18.4.